The average Bonchev–Trinajstić information content (AvgIpc) is 2.48. The van der Waals surface area contributed by atoms with Crippen LogP contribution in [0, 0.1) is 0 Å². The fourth-order valence-corrected chi connectivity index (χ4v) is 2.27. The summed E-state index contributed by atoms with van der Waals surface area (Å²) in [7, 11) is 3.61. The lowest BCUT2D eigenvalue weighted by molar-refractivity contribution is 0.414. The van der Waals surface area contributed by atoms with Gasteiger partial charge < -0.3 is 9.64 Å². The number of nitrogen functional groups attached to an aromatic ring is 1. The summed E-state index contributed by atoms with van der Waals surface area (Å²) in [5.74, 6) is 7.32. The largest absolute Gasteiger partial charge is 0.497 e. The minimum atomic E-state index is 0.379. The number of nitrogens with two attached hydrogens (primary N) is 1. The lowest BCUT2D eigenvalue weighted by atomic mass is 10.2. The third-order valence-electron chi connectivity index (χ3n) is 2.80. The van der Waals surface area contributed by atoms with E-state index in [0.29, 0.717) is 12.5 Å². The fourth-order valence-electron chi connectivity index (χ4n) is 1.78. The van der Waals surface area contributed by atoms with Gasteiger partial charge in [0.15, 0.2) is 0 Å². The zero-order valence-electron chi connectivity index (χ0n) is 11.3. The summed E-state index contributed by atoms with van der Waals surface area (Å²) in [5, 5.41) is 0. The molecule has 20 heavy (non-hydrogen) atoms. The number of methoxy groups -OCH3 is 1. The number of hydrogen-bond acceptors (Lipinski definition) is 6. The second-order valence-corrected chi connectivity index (χ2v) is 5.07. The first-order valence-corrected chi connectivity index (χ1v) is 6.76. The molecule has 1 aromatic heterocycles. The van der Waals surface area contributed by atoms with Crippen molar-refractivity contribution in [1.29, 1.82) is 0 Å². The van der Waals surface area contributed by atoms with E-state index in [1.54, 1.807) is 13.3 Å². The Bertz CT molecular complexity index is 575. The molecule has 0 saturated heterocycles. The SMILES string of the molecule is COc1ccc(CN(C)c2nc(NN)ncc2Br)cc1. The monoisotopic (exact) mass is 337 g/mol. The fraction of sp³-hybridized carbons (Fsp3) is 0.231. The molecular weight excluding hydrogens is 322 g/mol. The van der Waals surface area contributed by atoms with E-state index in [4.69, 9.17) is 10.6 Å². The van der Waals surface area contributed by atoms with Crippen LogP contribution in [-0.4, -0.2) is 24.1 Å². The van der Waals surface area contributed by atoms with Gasteiger partial charge in [-0.2, -0.15) is 4.98 Å². The maximum absolute atomic E-state index is 5.33. The van der Waals surface area contributed by atoms with Gasteiger partial charge in [0.25, 0.3) is 0 Å². The lowest BCUT2D eigenvalue weighted by Gasteiger charge is -2.20. The molecular formula is C13H16BrN5O. The summed E-state index contributed by atoms with van der Waals surface area (Å²) in [6.45, 7) is 0.712. The molecule has 0 bridgehead atoms. The summed E-state index contributed by atoms with van der Waals surface area (Å²) >= 11 is 3.44. The maximum atomic E-state index is 5.33. The number of nitrogens with zero attached hydrogens (tertiary/aromatic N) is 3. The van der Waals surface area contributed by atoms with Gasteiger partial charge in [0.1, 0.15) is 11.6 Å². The summed E-state index contributed by atoms with van der Waals surface area (Å²) in [4.78, 5) is 10.4. The van der Waals surface area contributed by atoms with Gasteiger partial charge in [-0.05, 0) is 33.6 Å². The molecule has 0 spiro atoms. The number of benzene rings is 1. The van der Waals surface area contributed by atoms with Gasteiger partial charge in [0, 0.05) is 19.8 Å². The van der Waals surface area contributed by atoms with Gasteiger partial charge in [0.2, 0.25) is 5.95 Å². The molecule has 0 atom stereocenters. The van der Waals surface area contributed by atoms with Crippen molar-refractivity contribution in [1.82, 2.24) is 9.97 Å². The standard InChI is InChI=1S/C13H16BrN5O/c1-19(8-9-3-5-10(20-2)6-4-9)12-11(14)7-16-13(17-12)18-15/h3-7H,8,15H2,1-2H3,(H,16,17,18). The van der Waals surface area contributed by atoms with E-state index < -0.39 is 0 Å². The minimum absolute atomic E-state index is 0.379. The smallest absolute Gasteiger partial charge is 0.239 e. The molecule has 0 aliphatic carbocycles. The summed E-state index contributed by atoms with van der Waals surface area (Å²) in [6, 6.07) is 7.91. The third-order valence-corrected chi connectivity index (χ3v) is 3.35. The Kier molecular flexibility index (Phi) is 4.75. The Morgan fingerprint density at radius 1 is 1.35 bits per heavy atom. The Balaban J connectivity index is 2.16. The topological polar surface area (TPSA) is 76.3 Å². The second-order valence-electron chi connectivity index (χ2n) is 4.21. The Morgan fingerprint density at radius 2 is 2.05 bits per heavy atom. The quantitative estimate of drug-likeness (QED) is 0.643. The van der Waals surface area contributed by atoms with Crippen LogP contribution >= 0.6 is 15.9 Å². The summed E-state index contributed by atoms with van der Waals surface area (Å²) in [6.07, 6.45) is 1.67. The van der Waals surface area contributed by atoms with Gasteiger partial charge in [-0.3, -0.25) is 5.43 Å². The van der Waals surface area contributed by atoms with E-state index in [9.17, 15) is 0 Å². The highest BCUT2D eigenvalue weighted by atomic mass is 79.9. The number of ether oxygens (including phenoxy) is 1. The highest BCUT2D eigenvalue weighted by Gasteiger charge is 2.10. The maximum Gasteiger partial charge on any atom is 0.239 e. The van der Waals surface area contributed by atoms with Crippen LogP contribution in [0.5, 0.6) is 5.75 Å². The second kappa shape index (κ2) is 6.53. The molecule has 7 heteroatoms. The van der Waals surface area contributed by atoms with Gasteiger partial charge >= 0.3 is 0 Å². The molecule has 3 N–H and O–H groups in total. The zero-order chi connectivity index (χ0) is 14.5. The first kappa shape index (κ1) is 14.5. The van der Waals surface area contributed by atoms with Crippen molar-refractivity contribution >= 4 is 27.7 Å². The molecule has 106 valence electrons. The number of rotatable bonds is 5. The number of hydrazine groups is 1. The van der Waals surface area contributed by atoms with E-state index in [1.165, 1.54) is 0 Å². The molecule has 0 aliphatic rings. The number of hydrogen-bond donors (Lipinski definition) is 2. The predicted octanol–water partition coefficient (Wildman–Crippen LogP) is 2.17. The molecule has 6 nitrogen and oxygen atoms in total. The molecule has 0 fully saturated rings. The van der Waals surface area contributed by atoms with Gasteiger partial charge in [-0.15, -0.1) is 0 Å². The molecule has 0 unspecified atom stereocenters. The van der Waals surface area contributed by atoms with Crippen molar-refractivity contribution in [2.24, 2.45) is 5.84 Å². The van der Waals surface area contributed by atoms with Crippen molar-refractivity contribution in [2.75, 3.05) is 24.5 Å². The molecule has 0 saturated carbocycles. The van der Waals surface area contributed by atoms with E-state index >= 15 is 0 Å². The predicted molar refractivity (Wildman–Crippen MR) is 82.6 cm³/mol. The van der Waals surface area contributed by atoms with Crippen molar-refractivity contribution < 1.29 is 4.74 Å². The van der Waals surface area contributed by atoms with Crippen molar-refractivity contribution in [3.05, 3.63) is 40.5 Å². The lowest BCUT2D eigenvalue weighted by Crippen LogP contribution is -2.20. The first-order chi connectivity index (χ1) is 9.63. The minimum Gasteiger partial charge on any atom is -0.497 e. The molecule has 0 amide bonds. The number of nitrogens with one attached hydrogen (secondary N) is 1. The average molecular weight is 338 g/mol. The van der Waals surface area contributed by atoms with Crippen LogP contribution < -0.4 is 20.9 Å². The van der Waals surface area contributed by atoms with Crippen molar-refractivity contribution in [3.63, 3.8) is 0 Å². The molecule has 2 rings (SSSR count). The van der Waals surface area contributed by atoms with Crippen LogP contribution in [0.1, 0.15) is 5.56 Å². The number of anilines is 2. The van der Waals surface area contributed by atoms with E-state index in [0.717, 1.165) is 21.6 Å². The number of halogens is 1. The van der Waals surface area contributed by atoms with Crippen LogP contribution in [0.25, 0.3) is 0 Å². The first-order valence-electron chi connectivity index (χ1n) is 5.97. The van der Waals surface area contributed by atoms with E-state index in [1.807, 2.05) is 36.2 Å². The van der Waals surface area contributed by atoms with Crippen molar-refractivity contribution in [3.8, 4) is 5.75 Å². The van der Waals surface area contributed by atoms with Gasteiger partial charge in [-0.25, -0.2) is 10.8 Å². The third kappa shape index (κ3) is 3.37. The van der Waals surface area contributed by atoms with Crippen LogP contribution in [0.4, 0.5) is 11.8 Å². The Morgan fingerprint density at radius 3 is 2.65 bits per heavy atom. The highest BCUT2D eigenvalue weighted by molar-refractivity contribution is 9.10. The van der Waals surface area contributed by atoms with Crippen LogP contribution in [0.15, 0.2) is 34.9 Å². The molecule has 1 heterocycles. The van der Waals surface area contributed by atoms with Crippen LogP contribution in [-0.2, 0) is 6.54 Å². The highest BCUT2D eigenvalue weighted by Crippen LogP contribution is 2.24. The normalized spacial score (nSPS) is 10.2. The van der Waals surface area contributed by atoms with Crippen LogP contribution in [0.3, 0.4) is 0 Å². The van der Waals surface area contributed by atoms with Gasteiger partial charge in [-0.1, -0.05) is 12.1 Å². The molecule has 0 radical (unpaired) electrons. The molecule has 0 aliphatic heterocycles. The Hall–Kier alpha value is -1.86. The molecule has 1 aromatic carbocycles. The van der Waals surface area contributed by atoms with Gasteiger partial charge in [0.05, 0.1) is 11.6 Å². The van der Waals surface area contributed by atoms with E-state index in [-0.39, 0.29) is 0 Å². The zero-order valence-corrected chi connectivity index (χ0v) is 12.9. The van der Waals surface area contributed by atoms with Crippen LogP contribution in [0.2, 0.25) is 0 Å². The Labute approximate surface area is 126 Å². The summed E-state index contributed by atoms with van der Waals surface area (Å²) in [5.41, 5.74) is 3.60. The summed E-state index contributed by atoms with van der Waals surface area (Å²) < 4.78 is 5.96. The molecule has 2 aromatic rings. The number of aromatic nitrogens is 2. The van der Waals surface area contributed by atoms with Crippen molar-refractivity contribution in [2.45, 2.75) is 6.54 Å². The van der Waals surface area contributed by atoms with E-state index in [2.05, 4.69) is 31.3 Å².